The third kappa shape index (κ3) is 4.28. The standard InChI is InChI=1S/C14H13FN2O3S/c1-21(19,20)17-11-8-6-10(7-9-11)16-14(18)12-4-2-3-5-13(12)15/h2-9,17H,1H3,(H,16,18). The maximum atomic E-state index is 13.5. The van der Waals surface area contributed by atoms with E-state index in [1.807, 2.05) is 0 Å². The van der Waals surface area contributed by atoms with Gasteiger partial charge in [0, 0.05) is 11.4 Å². The molecular weight excluding hydrogens is 295 g/mol. The largest absolute Gasteiger partial charge is 0.322 e. The number of amides is 1. The van der Waals surface area contributed by atoms with Gasteiger partial charge in [0.2, 0.25) is 10.0 Å². The predicted octanol–water partition coefficient (Wildman–Crippen LogP) is 2.45. The van der Waals surface area contributed by atoms with Crippen LogP contribution in [0.2, 0.25) is 0 Å². The van der Waals surface area contributed by atoms with Crippen LogP contribution in [0.1, 0.15) is 10.4 Å². The Balaban J connectivity index is 2.10. The monoisotopic (exact) mass is 308 g/mol. The van der Waals surface area contributed by atoms with Crippen molar-refractivity contribution in [2.75, 3.05) is 16.3 Å². The number of nitrogens with one attached hydrogen (secondary N) is 2. The van der Waals surface area contributed by atoms with E-state index in [1.165, 1.54) is 42.5 Å². The average molecular weight is 308 g/mol. The second kappa shape index (κ2) is 5.92. The summed E-state index contributed by atoms with van der Waals surface area (Å²) in [6, 6.07) is 11.7. The van der Waals surface area contributed by atoms with Crippen LogP contribution in [-0.4, -0.2) is 20.6 Å². The van der Waals surface area contributed by atoms with E-state index in [9.17, 15) is 17.6 Å². The van der Waals surface area contributed by atoms with Crippen molar-refractivity contribution < 1.29 is 17.6 Å². The molecule has 2 aromatic carbocycles. The Morgan fingerprint density at radius 2 is 1.57 bits per heavy atom. The lowest BCUT2D eigenvalue weighted by molar-refractivity contribution is 0.102. The zero-order valence-corrected chi connectivity index (χ0v) is 11.9. The molecule has 0 radical (unpaired) electrons. The molecule has 5 nitrogen and oxygen atoms in total. The SMILES string of the molecule is CS(=O)(=O)Nc1ccc(NC(=O)c2ccccc2F)cc1. The Morgan fingerprint density at radius 1 is 1.00 bits per heavy atom. The minimum atomic E-state index is -3.35. The van der Waals surface area contributed by atoms with Gasteiger partial charge in [0.15, 0.2) is 0 Å². The van der Waals surface area contributed by atoms with E-state index in [-0.39, 0.29) is 5.56 Å². The summed E-state index contributed by atoms with van der Waals surface area (Å²) in [5.74, 6) is -1.18. The van der Waals surface area contributed by atoms with Crippen molar-refractivity contribution >= 4 is 27.3 Å². The van der Waals surface area contributed by atoms with Gasteiger partial charge in [-0.2, -0.15) is 0 Å². The number of hydrogen-bond donors (Lipinski definition) is 2. The van der Waals surface area contributed by atoms with Crippen LogP contribution in [0.4, 0.5) is 15.8 Å². The highest BCUT2D eigenvalue weighted by Gasteiger charge is 2.11. The lowest BCUT2D eigenvalue weighted by atomic mass is 10.2. The fourth-order valence-electron chi connectivity index (χ4n) is 1.68. The molecule has 0 saturated carbocycles. The van der Waals surface area contributed by atoms with E-state index in [0.717, 1.165) is 6.26 Å². The lowest BCUT2D eigenvalue weighted by Gasteiger charge is -2.08. The van der Waals surface area contributed by atoms with Crippen LogP contribution >= 0.6 is 0 Å². The molecule has 0 aliphatic heterocycles. The highest BCUT2D eigenvalue weighted by Crippen LogP contribution is 2.16. The van der Waals surface area contributed by atoms with E-state index in [4.69, 9.17) is 0 Å². The molecule has 0 aliphatic carbocycles. The molecular formula is C14H13FN2O3S. The van der Waals surface area contributed by atoms with Crippen LogP contribution in [0.15, 0.2) is 48.5 Å². The Bertz CT molecular complexity index is 758. The predicted molar refractivity (Wildman–Crippen MR) is 79.3 cm³/mol. The second-order valence-corrected chi connectivity index (χ2v) is 6.13. The summed E-state index contributed by atoms with van der Waals surface area (Å²) in [6.45, 7) is 0. The number of rotatable bonds is 4. The van der Waals surface area contributed by atoms with Gasteiger partial charge in [-0.15, -0.1) is 0 Å². The highest BCUT2D eigenvalue weighted by molar-refractivity contribution is 7.92. The number of halogens is 1. The molecule has 0 saturated heterocycles. The lowest BCUT2D eigenvalue weighted by Crippen LogP contribution is -2.14. The molecule has 110 valence electrons. The summed E-state index contributed by atoms with van der Waals surface area (Å²) in [7, 11) is -3.35. The number of benzene rings is 2. The van der Waals surface area contributed by atoms with Gasteiger partial charge < -0.3 is 5.32 Å². The number of carbonyl (C=O) groups excluding carboxylic acids is 1. The zero-order chi connectivity index (χ0) is 15.5. The van der Waals surface area contributed by atoms with Crippen LogP contribution in [0.5, 0.6) is 0 Å². The Kier molecular flexibility index (Phi) is 4.23. The van der Waals surface area contributed by atoms with Gasteiger partial charge in [-0.1, -0.05) is 12.1 Å². The van der Waals surface area contributed by atoms with Gasteiger partial charge in [-0.25, -0.2) is 12.8 Å². The highest BCUT2D eigenvalue weighted by atomic mass is 32.2. The van der Waals surface area contributed by atoms with Crippen molar-refractivity contribution in [2.24, 2.45) is 0 Å². The number of carbonyl (C=O) groups is 1. The summed E-state index contributed by atoms with van der Waals surface area (Å²) >= 11 is 0. The van der Waals surface area contributed by atoms with Crippen molar-refractivity contribution in [3.63, 3.8) is 0 Å². The van der Waals surface area contributed by atoms with E-state index in [0.29, 0.717) is 11.4 Å². The molecule has 0 spiro atoms. The first kappa shape index (κ1) is 15.0. The first-order valence-corrected chi connectivity index (χ1v) is 7.88. The fraction of sp³-hybridized carbons (Fsp3) is 0.0714. The molecule has 0 fully saturated rings. The van der Waals surface area contributed by atoms with E-state index >= 15 is 0 Å². The molecule has 2 rings (SSSR count). The maximum Gasteiger partial charge on any atom is 0.258 e. The molecule has 2 aromatic rings. The Hall–Kier alpha value is -2.41. The molecule has 0 unspecified atom stereocenters. The Morgan fingerprint density at radius 3 is 2.14 bits per heavy atom. The summed E-state index contributed by atoms with van der Waals surface area (Å²) in [4.78, 5) is 11.9. The molecule has 2 N–H and O–H groups in total. The summed E-state index contributed by atoms with van der Waals surface area (Å²) in [6.07, 6.45) is 1.04. The summed E-state index contributed by atoms with van der Waals surface area (Å²) < 4.78 is 37.9. The first-order valence-electron chi connectivity index (χ1n) is 5.99. The second-order valence-electron chi connectivity index (χ2n) is 4.39. The third-order valence-corrected chi connectivity index (χ3v) is 3.17. The fourth-order valence-corrected chi connectivity index (χ4v) is 2.24. The minimum absolute atomic E-state index is 0.0594. The van der Waals surface area contributed by atoms with Crippen molar-refractivity contribution in [3.05, 3.63) is 59.9 Å². The first-order chi connectivity index (χ1) is 9.85. The van der Waals surface area contributed by atoms with Crippen LogP contribution in [0.3, 0.4) is 0 Å². The molecule has 1 amide bonds. The molecule has 0 atom stereocenters. The van der Waals surface area contributed by atoms with Gasteiger partial charge >= 0.3 is 0 Å². The smallest absolute Gasteiger partial charge is 0.258 e. The van der Waals surface area contributed by atoms with Crippen LogP contribution in [-0.2, 0) is 10.0 Å². The topological polar surface area (TPSA) is 75.3 Å². The molecule has 0 heterocycles. The Labute approximate surface area is 121 Å². The van der Waals surface area contributed by atoms with Crippen molar-refractivity contribution in [1.29, 1.82) is 0 Å². The normalized spacial score (nSPS) is 11.0. The van der Waals surface area contributed by atoms with Crippen molar-refractivity contribution in [1.82, 2.24) is 0 Å². The molecule has 0 aromatic heterocycles. The van der Waals surface area contributed by atoms with E-state index < -0.39 is 21.7 Å². The van der Waals surface area contributed by atoms with E-state index in [2.05, 4.69) is 10.0 Å². The minimum Gasteiger partial charge on any atom is -0.322 e. The van der Waals surface area contributed by atoms with Gasteiger partial charge in [-0.05, 0) is 36.4 Å². The van der Waals surface area contributed by atoms with Crippen molar-refractivity contribution in [2.45, 2.75) is 0 Å². The molecule has 21 heavy (non-hydrogen) atoms. The summed E-state index contributed by atoms with van der Waals surface area (Å²) in [5.41, 5.74) is 0.750. The third-order valence-electron chi connectivity index (χ3n) is 2.56. The van der Waals surface area contributed by atoms with Gasteiger partial charge in [0.25, 0.3) is 5.91 Å². The van der Waals surface area contributed by atoms with Crippen LogP contribution in [0.25, 0.3) is 0 Å². The van der Waals surface area contributed by atoms with E-state index in [1.54, 1.807) is 6.07 Å². The molecule has 0 bridgehead atoms. The van der Waals surface area contributed by atoms with Gasteiger partial charge in [0.1, 0.15) is 5.82 Å². The number of sulfonamides is 1. The molecule has 0 aliphatic rings. The average Bonchev–Trinajstić information content (AvgIpc) is 2.40. The number of hydrogen-bond acceptors (Lipinski definition) is 3. The maximum absolute atomic E-state index is 13.5. The van der Waals surface area contributed by atoms with Crippen LogP contribution < -0.4 is 10.0 Å². The van der Waals surface area contributed by atoms with Crippen LogP contribution in [0, 0.1) is 5.82 Å². The zero-order valence-electron chi connectivity index (χ0n) is 11.1. The molecule has 7 heteroatoms. The quantitative estimate of drug-likeness (QED) is 0.911. The van der Waals surface area contributed by atoms with Gasteiger partial charge in [-0.3, -0.25) is 9.52 Å². The number of anilines is 2. The summed E-state index contributed by atoms with van der Waals surface area (Å²) in [5, 5.41) is 2.53. The van der Waals surface area contributed by atoms with Gasteiger partial charge in [0.05, 0.1) is 11.8 Å². The van der Waals surface area contributed by atoms with Crippen molar-refractivity contribution in [3.8, 4) is 0 Å².